The van der Waals surface area contributed by atoms with E-state index in [9.17, 15) is 9.18 Å². The second-order valence-corrected chi connectivity index (χ2v) is 4.06. The number of benzene rings is 2. The number of anilines is 1. The van der Waals surface area contributed by atoms with Gasteiger partial charge in [0.1, 0.15) is 5.82 Å². The van der Waals surface area contributed by atoms with Crippen LogP contribution in [0.1, 0.15) is 5.56 Å². The first kappa shape index (κ1) is 13.7. The van der Waals surface area contributed by atoms with Gasteiger partial charge in [0.25, 0.3) is 5.91 Å². The van der Waals surface area contributed by atoms with Crippen LogP contribution in [0, 0.1) is 5.82 Å². The van der Waals surface area contributed by atoms with E-state index in [1.165, 1.54) is 18.3 Å². The van der Waals surface area contributed by atoms with Crippen molar-refractivity contribution in [1.29, 1.82) is 0 Å². The van der Waals surface area contributed by atoms with Crippen LogP contribution in [0.15, 0.2) is 59.7 Å². The quantitative estimate of drug-likeness (QED) is 0.648. The average molecular weight is 271 g/mol. The molecule has 0 spiro atoms. The maximum atomic E-state index is 12.7. The normalized spacial score (nSPS) is 10.4. The summed E-state index contributed by atoms with van der Waals surface area (Å²) < 4.78 is 12.7. The maximum Gasteiger partial charge on any atom is 0.259 e. The van der Waals surface area contributed by atoms with Crippen LogP contribution in [0.2, 0.25) is 0 Å². The van der Waals surface area contributed by atoms with E-state index in [-0.39, 0.29) is 18.3 Å². The van der Waals surface area contributed by atoms with Crippen molar-refractivity contribution in [2.24, 2.45) is 5.10 Å². The van der Waals surface area contributed by atoms with Crippen LogP contribution in [-0.4, -0.2) is 18.7 Å². The third-order valence-corrected chi connectivity index (χ3v) is 2.50. The molecule has 0 aromatic heterocycles. The van der Waals surface area contributed by atoms with Crippen LogP contribution >= 0.6 is 0 Å². The average Bonchev–Trinajstić information content (AvgIpc) is 2.48. The van der Waals surface area contributed by atoms with E-state index in [2.05, 4.69) is 15.8 Å². The Bertz CT molecular complexity index is 582. The van der Waals surface area contributed by atoms with Crippen LogP contribution in [0.3, 0.4) is 0 Å². The van der Waals surface area contributed by atoms with Crippen molar-refractivity contribution in [2.45, 2.75) is 0 Å². The van der Waals surface area contributed by atoms with Crippen LogP contribution in [0.25, 0.3) is 0 Å². The highest BCUT2D eigenvalue weighted by Crippen LogP contribution is 2.03. The zero-order chi connectivity index (χ0) is 14.2. The van der Waals surface area contributed by atoms with Gasteiger partial charge in [0.15, 0.2) is 0 Å². The van der Waals surface area contributed by atoms with Gasteiger partial charge in [-0.1, -0.05) is 30.3 Å². The number of amides is 1. The Balaban J connectivity index is 1.76. The summed E-state index contributed by atoms with van der Waals surface area (Å²) in [6.07, 6.45) is 1.46. The van der Waals surface area contributed by atoms with Crippen molar-refractivity contribution in [1.82, 2.24) is 5.43 Å². The molecule has 0 saturated heterocycles. The van der Waals surface area contributed by atoms with E-state index in [4.69, 9.17) is 0 Å². The Labute approximate surface area is 116 Å². The molecule has 5 heteroatoms. The lowest BCUT2D eigenvalue weighted by atomic mass is 10.2. The summed E-state index contributed by atoms with van der Waals surface area (Å²) in [4.78, 5) is 11.5. The predicted octanol–water partition coefficient (Wildman–Crippen LogP) is 2.39. The number of hydrogen-bond donors (Lipinski definition) is 2. The van der Waals surface area contributed by atoms with Gasteiger partial charge in [0.05, 0.1) is 12.8 Å². The molecular formula is C15H14FN3O. The van der Waals surface area contributed by atoms with Crippen LogP contribution < -0.4 is 10.7 Å². The molecule has 0 aliphatic heterocycles. The van der Waals surface area contributed by atoms with E-state index in [1.807, 2.05) is 30.3 Å². The zero-order valence-electron chi connectivity index (χ0n) is 10.7. The molecule has 2 aromatic rings. The van der Waals surface area contributed by atoms with Gasteiger partial charge in [-0.05, 0) is 29.8 Å². The number of carbonyl (C=O) groups excluding carboxylic acids is 1. The predicted molar refractivity (Wildman–Crippen MR) is 77.1 cm³/mol. The highest BCUT2D eigenvalue weighted by molar-refractivity contribution is 5.84. The molecule has 0 atom stereocenters. The lowest BCUT2D eigenvalue weighted by molar-refractivity contribution is -0.119. The minimum absolute atomic E-state index is 0.130. The Morgan fingerprint density at radius 3 is 2.50 bits per heavy atom. The first-order valence-electron chi connectivity index (χ1n) is 6.10. The first-order chi connectivity index (χ1) is 9.74. The molecule has 102 valence electrons. The van der Waals surface area contributed by atoms with Crippen molar-refractivity contribution in [2.75, 3.05) is 11.9 Å². The minimum Gasteiger partial charge on any atom is -0.376 e. The number of nitrogens with one attached hydrogen (secondary N) is 2. The summed E-state index contributed by atoms with van der Waals surface area (Å²) in [5.74, 6) is -0.564. The summed E-state index contributed by atoms with van der Waals surface area (Å²) >= 11 is 0. The van der Waals surface area contributed by atoms with Gasteiger partial charge in [-0.25, -0.2) is 9.82 Å². The van der Waals surface area contributed by atoms with Crippen molar-refractivity contribution in [3.8, 4) is 0 Å². The molecule has 0 radical (unpaired) electrons. The number of nitrogens with zero attached hydrogens (tertiary/aromatic N) is 1. The number of carbonyl (C=O) groups is 1. The van der Waals surface area contributed by atoms with Gasteiger partial charge >= 0.3 is 0 Å². The smallest absolute Gasteiger partial charge is 0.259 e. The molecule has 20 heavy (non-hydrogen) atoms. The van der Waals surface area contributed by atoms with Gasteiger partial charge in [0.2, 0.25) is 0 Å². The Morgan fingerprint density at radius 1 is 1.10 bits per heavy atom. The largest absolute Gasteiger partial charge is 0.376 e. The number of hydrazone groups is 1. The monoisotopic (exact) mass is 271 g/mol. The summed E-state index contributed by atoms with van der Waals surface area (Å²) in [5.41, 5.74) is 3.97. The zero-order valence-corrected chi connectivity index (χ0v) is 10.7. The van der Waals surface area contributed by atoms with E-state index < -0.39 is 0 Å². The van der Waals surface area contributed by atoms with Gasteiger partial charge in [0, 0.05) is 5.69 Å². The lowest BCUT2D eigenvalue weighted by Gasteiger charge is -2.04. The number of rotatable bonds is 5. The van der Waals surface area contributed by atoms with Gasteiger partial charge < -0.3 is 5.32 Å². The van der Waals surface area contributed by atoms with Crippen LogP contribution in [-0.2, 0) is 4.79 Å². The minimum atomic E-state index is -0.307. The fourth-order valence-corrected chi connectivity index (χ4v) is 1.51. The topological polar surface area (TPSA) is 53.5 Å². The van der Waals surface area contributed by atoms with Crippen molar-refractivity contribution >= 4 is 17.8 Å². The van der Waals surface area contributed by atoms with E-state index >= 15 is 0 Å². The van der Waals surface area contributed by atoms with Gasteiger partial charge in [-0.3, -0.25) is 4.79 Å². The molecule has 0 fully saturated rings. The third kappa shape index (κ3) is 4.53. The summed E-state index contributed by atoms with van der Waals surface area (Å²) in [6, 6.07) is 15.2. The molecule has 0 aliphatic rings. The van der Waals surface area contributed by atoms with Gasteiger partial charge in [-0.15, -0.1) is 0 Å². The molecule has 2 aromatic carbocycles. The van der Waals surface area contributed by atoms with E-state index in [0.29, 0.717) is 5.56 Å². The standard InChI is InChI=1S/C15H14FN3O/c16-13-8-6-12(7-9-13)10-18-19-15(20)11-17-14-4-2-1-3-5-14/h1-10,17H,11H2,(H,19,20)/b18-10+. The second kappa shape index (κ2) is 7.04. The van der Waals surface area contributed by atoms with Crippen LogP contribution in [0.4, 0.5) is 10.1 Å². The molecule has 2 rings (SSSR count). The summed E-state index contributed by atoms with van der Waals surface area (Å²) in [6.45, 7) is 0.130. The number of hydrogen-bond acceptors (Lipinski definition) is 3. The van der Waals surface area contributed by atoms with Gasteiger partial charge in [-0.2, -0.15) is 5.10 Å². The van der Waals surface area contributed by atoms with Crippen molar-refractivity contribution in [3.05, 3.63) is 66.0 Å². The molecule has 1 amide bonds. The van der Waals surface area contributed by atoms with E-state index in [1.54, 1.807) is 12.1 Å². The maximum absolute atomic E-state index is 12.7. The highest BCUT2D eigenvalue weighted by Gasteiger charge is 1.98. The fourth-order valence-electron chi connectivity index (χ4n) is 1.51. The molecule has 0 unspecified atom stereocenters. The molecular weight excluding hydrogens is 257 g/mol. The number of halogens is 1. The molecule has 2 N–H and O–H groups in total. The Hall–Kier alpha value is -2.69. The summed E-state index contributed by atoms with van der Waals surface area (Å²) in [5, 5.41) is 6.76. The van der Waals surface area contributed by atoms with E-state index in [0.717, 1.165) is 5.69 Å². The Morgan fingerprint density at radius 2 is 1.80 bits per heavy atom. The molecule has 4 nitrogen and oxygen atoms in total. The Kier molecular flexibility index (Phi) is 4.83. The molecule has 0 saturated carbocycles. The van der Waals surface area contributed by atoms with Crippen molar-refractivity contribution in [3.63, 3.8) is 0 Å². The fraction of sp³-hybridized carbons (Fsp3) is 0.0667. The van der Waals surface area contributed by atoms with Crippen LogP contribution in [0.5, 0.6) is 0 Å². The first-order valence-corrected chi connectivity index (χ1v) is 6.10. The van der Waals surface area contributed by atoms with Crippen molar-refractivity contribution < 1.29 is 9.18 Å². The SMILES string of the molecule is O=C(CNc1ccccc1)N/N=C/c1ccc(F)cc1. The third-order valence-electron chi connectivity index (χ3n) is 2.50. The molecule has 0 heterocycles. The molecule has 0 bridgehead atoms. The number of para-hydroxylation sites is 1. The second-order valence-electron chi connectivity index (χ2n) is 4.06. The highest BCUT2D eigenvalue weighted by atomic mass is 19.1. The lowest BCUT2D eigenvalue weighted by Crippen LogP contribution is -2.25. The summed E-state index contributed by atoms with van der Waals surface area (Å²) in [7, 11) is 0. The molecule has 0 aliphatic carbocycles.